The second-order valence-electron chi connectivity index (χ2n) is 6.46. The van der Waals surface area contributed by atoms with E-state index in [1.54, 1.807) is 18.6 Å². The first kappa shape index (κ1) is 18.3. The van der Waals surface area contributed by atoms with Crippen molar-refractivity contribution in [3.63, 3.8) is 0 Å². The Labute approximate surface area is 172 Å². The van der Waals surface area contributed by atoms with E-state index in [0.717, 1.165) is 22.4 Å². The molecule has 0 radical (unpaired) electrons. The van der Waals surface area contributed by atoms with E-state index in [1.807, 2.05) is 60.9 Å². The molecular formula is C23H18BrN3O. The Morgan fingerprint density at radius 2 is 1.43 bits per heavy atom. The summed E-state index contributed by atoms with van der Waals surface area (Å²) >= 11 is 3.45. The molecule has 0 aliphatic rings. The van der Waals surface area contributed by atoms with Crippen LogP contribution in [-0.2, 0) is 0 Å². The molecule has 0 amide bonds. The third-order valence-electron chi connectivity index (χ3n) is 4.78. The number of pyridine rings is 3. The topological polar surface area (TPSA) is 58.9 Å². The molecule has 4 aromatic rings. The van der Waals surface area contributed by atoms with Crippen LogP contribution in [-0.4, -0.2) is 20.1 Å². The molecule has 0 fully saturated rings. The smallest absolute Gasteiger partial charge is 0.133 e. The van der Waals surface area contributed by atoms with Gasteiger partial charge in [-0.3, -0.25) is 15.0 Å². The highest BCUT2D eigenvalue weighted by Crippen LogP contribution is 2.46. The first-order chi connectivity index (χ1) is 13.8. The predicted octanol–water partition coefficient (Wildman–Crippen LogP) is 5.30. The van der Waals surface area contributed by atoms with Gasteiger partial charge < -0.3 is 5.11 Å². The van der Waals surface area contributed by atoms with E-state index >= 15 is 0 Å². The van der Waals surface area contributed by atoms with Crippen LogP contribution in [0, 0.1) is 0 Å². The van der Waals surface area contributed by atoms with Crippen molar-refractivity contribution in [1.82, 2.24) is 15.0 Å². The molecule has 1 N–H and O–H groups in total. The Kier molecular flexibility index (Phi) is 5.44. The standard InChI is InChI=1S/C23H18BrN3O/c24-19-9-3-8-18(23(19)28)22(20-10-1-2-13-27-20)21(16-6-4-11-25-14-16)17-7-5-12-26-15-17/h1-15,21-22,28H. The number of aromatic nitrogens is 3. The summed E-state index contributed by atoms with van der Waals surface area (Å²) in [5.41, 5.74) is 3.73. The summed E-state index contributed by atoms with van der Waals surface area (Å²) in [4.78, 5) is 13.3. The molecule has 0 saturated heterocycles. The minimum Gasteiger partial charge on any atom is -0.506 e. The number of para-hydroxylation sites is 1. The molecule has 138 valence electrons. The molecule has 3 aromatic heterocycles. The van der Waals surface area contributed by atoms with Crippen LogP contribution >= 0.6 is 15.9 Å². The Morgan fingerprint density at radius 1 is 0.714 bits per heavy atom. The lowest BCUT2D eigenvalue weighted by Gasteiger charge is -2.28. The van der Waals surface area contributed by atoms with Gasteiger partial charge in [-0.25, -0.2) is 0 Å². The van der Waals surface area contributed by atoms with Crippen LogP contribution in [0.25, 0.3) is 0 Å². The van der Waals surface area contributed by atoms with Crippen LogP contribution in [0.3, 0.4) is 0 Å². The normalized spacial score (nSPS) is 12.1. The number of phenols is 1. The molecule has 0 saturated carbocycles. The van der Waals surface area contributed by atoms with Gasteiger partial charge in [-0.15, -0.1) is 0 Å². The third-order valence-corrected chi connectivity index (χ3v) is 5.42. The molecule has 1 aromatic carbocycles. The van der Waals surface area contributed by atoms with Crippen molar-refractivity contribution in [1.29, 1.82) is 0 Å². The number of hydrogen-bond acceptors (Lipinski definition) is 4. The minimum atomic E-state index is -0.216. The lowest BCUT2D eigenvalue weighted by Crippen LogP contribution is -2.16. The molecule has 0 aliphatic carbocycles. The van der Waals surface area contributed by atoms with Gasteiger partial charge in [0.15, 0.2) is 0 Å². The summed E-state index contributed by atoms with van der Waals surface area (Å²) in [6.45, 7) is 0. The largest absolute Gasteiger partial charge is 0.506 e. The second kappa shape index (κ2) is 8.31. The summed E-state index contributed by atoms with van der Waals surface area (Å²) in [5, 5.41) is 10.9. The molecule has 3 heterocycles. The summed E-state index contributed by atoms with van der Waals surface area (Å²) in [7, 11) is 0. The van der Waals surface area contributed by atoms with E-state index < -0.39 is 0 Å². The van der Waals surface area contributed by atoms with Crippen molar-refractivity contribution in [2.45, 2.75) is 11.8 Å². The van der Waals surface area contributed by atoms with Crippen molar-refractivity contribution in [2.75, 3.05) is 0 Å². The second-order valence-corrected chi connectivity index (χ2v) is 7.31. The van der Waals surface area contributed by atoms with E-state index in [1.165, 1.54) is 0 Å². The monoisotopic (exact) mass is 431 g/mol. The highest BCUT2D eigenvalue weighted by atomic mass is 79.9. The van der Waals surface area contributed by atoms with Crippen molar-refractivity contribution in [3.05, 3.63) is 119 Å². The SMILES string of the molecule is Oc1c(Br)cccc1C(c1ccccn1)C(c1cccnc1)c1cccnc1. The van der Waals surface area contributed by atoms with Crippen molar-refractivity contribution >= 4 is 15.9 Å². The van der Waals surface area contributed by atoms with E-state index in [-0.39, 0.29) is 17.6 Å². The average molecular weight is 432 g/mol. The molecule has 28 heavy (non-hydrogen) atoms. The minimum absolute atomic E-state index is 0.113. The Balaban J connectivity index is 1.98. The van der Waals surface area contributed by atoms with Crippen molar-refractivity contribution in [2.24, 2.45) is 0 Å². The molecule has 1 atom stereocenters. The first-order valence-electron chi connectivity index (χ1n) is 8.94. The molecule has 5 heteroatoms. The number of hydrogen-bond donors (Lipinski definition) is 1. The van der Waals surface area contributed by atoms with E-state index in [0.29, 0.717) is 4.47 Å². The molecule has 0 bridgehead atoms. The number of halogens is 1. The zero-order valence-electron chi connectivity index (χ0n) is 15.0. The number of aromatic hydroxyl groups is 1. The summed E-state index contributed by atoms with van der Waals surface area (Å²) < 4.78 is 0.655. The fourth-order valence-electron chi connectivity index (χ4n) is 3.55. The van der Waals surface area contributed by atoms with Gasteiger partial charge >= 0.3 is 0 Å². The Morgan fingerprint density at radius 3 is 2.00 bits per heavy atom. The van der Waals surface area contributed by atoms with Crippen LogP contribution in [0.2, 0.25) is 0 Å². The van der Waals surface area contributed by atoms with Gasteiger partial charge in [0.1, 0.15) is 5.75 Å². The van der Waals surface area contributed by atoms with Crippen LogP contribution in [0.1, 0.15) is 34.2 Å². The summed E-state index contributed by atoms with van der Waals surface area (Å²) in [6, 6.07) is 19.5. The molecular weight excluding hydrogens is 414 g/mol. The zero-order chi connectivity index (χ0) is 19.3. The van der Waals surface area contributed by atoms with Gasteiger partial charge in [-0.2, -0.15) is 0 Å². The van der Waals surface area contributed by atoms with E-state index in [2.05, 4.69) is 43.0 Å². The quantitative estimate of drug-likeness (QED) is 0.465. The zero-order valence-corrected chi connectivity index (χ0v) is 16.6. The van der Waals surface area contributed by atoms with E-state index in [4.69, 9.17) is 0 Å². The number of phenolic OH excluding ortho intramolecular Hbond substituents is 1. The lowest BCUT2D eigenvalue weighted by atomic mass is 9.76. The highest BCUT2D eigenvalue weighted by Gasteiger charge is 2.31. The Bertz CT molecular complexity index is 1000. The van der Waals surface area contributed by atoms with Crippen molar-refractivity contribution in [3.8, 4) is 5.75 Å². The van der Waals surface area contributed by atoms with Crippen LogP contribution in [0.5, 0.6) is 5.75 Å². The lowest BCUT2D eigenvalue weighted by molar-refractivity contribution is 0.457. The molecule has 4 nitrogen and oxygen atoms in total. The van der Waals surface area contributed by atoms with Gasteiger partial charge in [0, 0.05) is 54.1 Å². The van der Waals surface area contributed by atoms with Gasteiger partial charge in [-0.05, 0) is 57.4 Å². The molecule has 1 unspecified atom stereocenters. The van der Waals surface area contributed by atoms with Crippen LogP contribution in [0.15, 0.2) is 96.1 Å². The fourth-order valence-corrected chi connectivity index (χ4v) is 3.93. The maximum Gasteiger partial charge on any atom is 0.133 e. The highest BCUT2D eigenvalue weighted by molar-refractivity contribution is 9.10. The van der Waals surface area contributed by atoms with Gasteiger partial charge in [0.25, 0.3) is 0 Å². The van der Waals surface area contributed by atoms with Gasteiger partial charge in [0.2, 0.25) is 0 Å². The van der Waals surface area contributed by atoms with E-state index in [9.17, 15) is 5.11 Å². The molecule has 0 aliphatic heterocycles. The Hall–Kier alpha value is -3.05. The number of rotatable bonds is 5. The maximum atomic E-state index is 10.9. The fraction of sp³-hybridized carbons (Fsp3) is 0.0870. The maximum absolute atomic E-state index is 10.9. The molecule has 4 rings (SSSR count). The first-order valence-corrected chi connectivity index (χ1v) is 9.73. The van der Waals surface area contributed by atoms with Crippen LogP contribution < -0.4 is 0 Å². The summed E-state index contributed by atoms with van der Waals surface area (Å²) in [6.07, 6.45) is 9.03. The van der Waals surface area contributed by atoms with Gasteiger partial charge in [-0.1, -0.05) is 30.3 Å². The number of nitrogens with zero attached hydrogens (tertiary/aromatic N) is 3. The van der Waals surface area contributed by atoms with Crippen LogP contribution in [0.4, 0.5) is 0 Å². The predicted molar refractivity (Wildman–Crippen MR) is 112 cm³/mol. The third kappa shape index (κ3) is 3.66. The number of benzene rings is 1. The average Bonchev–Trinajstić information content (AvgIpc) is 2.76. The van der Waals surface area contributed by atoms with Crippen molar-refractivity contribution < 1.29 is 5.11 Å². The molecule has 0 spiro atoms. The van der Waals surface area contributed by atoms with Gasteiger partial charge in [0.05, 0.1) is 4.47 Å². The summed E-state index contributed by atoms with van der Waals surface area (Å²) in [5.74, 6) is -0.111.